The molecule has 90 valence electrons. The van der Waals surface area contributed by atoms with Gasteiger partial charge in [0.2, 0.25) is 0 Å². The maximum Gasteiger partial charge on any atom is 0.149 e. The summed E-state index contributed by atoms with van der Waals surface area (Å²) in [5.41, 5.74) is 5.48. The third-order valence-corrected chi connectivity index (χ3v) is 5.51. The van der Waals surface area contributed by atoms with E-state index >= 15 is 0 Å². The van der Waals surface area contributed by atoms with Crippen molar-refractivity contribution in [2.45, 2.75) is 25.4 Å². The predicted octanol–water partition coefficient (Wildman–Crippen LogP) is 4.04. The summed E-state index contributed by atoms with van der Waals surface area (Å²) in [5.74, 6) is 1.68. The Balaban J connectivity index is 2.37. The van der Waals surface area contributed by atoms with Crippen LogP contribution in [0.1, 0.15) is 22.3 Å². The molecular formula is C14H12N2S2. The van der Waals surface area contributed by atoms with Gasteiger partial charge < -0.3 is 0 Å². The van der Waals surface area contributed by atoms with Crippen LogP contribution >= 0.6 is 23.5 Å². The molecule has 1 aliphatic rings. The molecule has 2 rings (SSSR count). The second-order valence-corrected chi connectivity index (χ2v) is 6.40. The van der Waals surface area contributed by atoms with Gasteiger partial charge in [-0.2, -0.15) is 10.5 Å². The molecule has 18 heavy (non-hydrogen) atoms. The normalized spacial score (nSPS) is 14.1. The molecule has 0 unspecified atom stereocenters. The number of thioether (sulfide) groups is 2. The van der Waals surface area contributed by atoms with Crippen LogP contribution in [-0.2, 0) is 11.5 Å². The lowest BCUT2D eigenvalue weighted by atomic mass is 10.0. The van der Waals surface area contributed by atoms with Gasteiger partial charge in [-0.1, -0.05) is 12.1 Å². The molecule has 0 atom stereocenters. The molecule has 0 saturated heterocycles. The molecule has 0 fully saturated rings. The Morgan fingerprint density at radius 2 is 1.44 bits per heavy atom. The van der Waals surface area contributed by atoms with Gasteiger partial charge in [0, 0.05) is 11.5 Å². The molecule has 1 aromatic rings. The monoisotopic (exact) mass is 272 g/mol. The molecule has 0 saturated carbocycles. The Kier molecular flexibility index (Phi) is 4.01. The first-order valence-corrected chi connectivity index (χ1v) is 7.52. The van der Waals surface area contributed by atoms with Crippen molar-refractivity contribution in [3.63, 3.8) is 0 Å². The van der Waals surface area contributed by atoms with Gasteiger partial charge in [0.15, 0.2) is 0 Å². The average Bonchev–Trinajstić information content (AvgIpc) is 2.55. The van der Waals surface area contributed by atoms with Gasteiger partial charge in [0.05, 0.1) is 4.24 Å². The van der Waals surface area contributed by atoms with Gasteiger partial charge in [-0.15, -0.1) is 23.5 Å². The first-order chi connectivity index (χ1) is 8.65. The van der Waals surface area contributed by atoms with E-state index in [1.54, 1.807) is 23.5 Å². The van der Waals surface area contributed by atoms with Crippen molar-refractivity contribution in [1.29, 1.82) is 10.5 Å². The molecule has 0 N–H and O–H groups in total. The van der Waals surface area contributed by atoms with Crippen LogP contribution in [0.15, 0.2) is 21.9 Å². The van der Waals surface area contributed by atoms with E-state index < -0.39 is 0 Å². The summed E-state index contributed by atoms with van der Waals surface area (Å²) >= 11 is 3.19. The number of rotatable bonds is 0. The highest BCUT2D eigenvalue weighted by atomic mass is 32.2. The van der Waals surface area contributed by atoms with Gasteiger partial charge in [-0.3, -0.25) is 0 Å². The van der Waals surface area contributed by atoms with Crippen LogP contribution in [0, 0.1) is 36.5 Å². The first kappa shape index (κ1) is 13.1. The zero-order valence-corrected chi connectivity index (χ0v) is 11.9. The van der Waals surface area contributed by atoms with Crippen LogP contribution in [0.3, 0.4) is 0 Å². The molecule has 0 bridgehead atoms. The third-order valence-electron chi connectivity index (χ3n) is 2.96. The molecule has 2 nitrogen and oxygen atoms in total. The lowest BCUT2D eigenvalue weighted by Crippen LogP contribution is -1.92. The number of fused-ring (bicyclic) bond motifs is 1. The number of aryl methyl sites for hydroxylation is 2. The Hall–Kier alpha value is -1.36. The van der Waals surface area contributed by atoms with E-state index in [4.69, 9.17) is 10.5 Å². The molecule has 1 heterocycles. The standard InChI is InChI=1S/C14H12N2S2/c1-9-3-11-7-17-14(13(5-15)6-16)18-8-12(11)4-10(9)2/h3-4H,7-8H2,1-2H3. The smallest absolute Gasteiger partial charge is 0.149 e. The number of nitrogens with zero attached hydrogens (tertiary/aromatic N) is 2. The summed E-state index contributed by atoms with van der Waals surface area (Å²) in [6.07, 6.45) is 0. The fourth-order valence-electron chi connectivity index (χ4n) is 1.79. The SMILES string of the molecule is Cc1cc2c(cc1C)CSC(=C(C#N)C#N)SC2. The van der Waals surface area contributed by atoms with Crippen LogP contribution in [0.2, 0.25) is 0 Å². The van der Waals surface area contributed by atoms with Crippen LogP contribution in [0.25, 0.3) is 0 Å². The number of allylic oxidation sites excluding steroid dienone is 1. The summed E-state index contributed by atoms with van der Waals surface area (Å²) in [5, 5.41) is 17.8. The quantitative estimate of drug-likeness (QED) is 0.669. The number of hydrogen-bond donors (Lipinski definition) is 0. The van der Waals surface area contributed by atoms with E-state index in [2.05, 4.69) is 26.0 Å². The van der Waals surface area contributed by atoms with Gasteiger partial charge in [0.25, 0.3) is 0 Å². The maximum atomic E-state index is 8.92. The third kappa shape index (κ3) is 2.56. The molecule has 1 aromatic carbocycles. The number of hydrogen-bond acceptors (Lipinski definition) is 4. The Bertz CT molecular complexity index is 552. The largest absolute Gasteiger partial charge is 0.192 e. The zero-order valence-electron chi connectivity index (χ0n) is 10.3. The maximum absolute atomic E-state index is 8.92. The molecule has 0 spiro atoms. The van der Waals surface area contributed by atoms with Gasteiger partial charge in [-0.05, 0) is 36.1 Å². The van der Waals surface area contributed by atoms with E-state index in [1.807, 2.05) is 12.1 Å². The van der Waals surface area contributed by atoms with Crippen molar-refractivity contribution < 1.29 is 0 Å². The summed E-state index contributed by atoms with van der Waals surface area (Å²) in [6.45, 7) is 4.23. The Morgan fingerprint density at radius 3 is 1.83 bits per heavy atom. The summed E-state index contributed by atoms with van der Waals surface area (Å²) in [7, 11) is 0. The van der Waals surface area contributed by atoms with E-state index in [-0.39, 0.29) is 5.57 Å². The van der Waals surface area contributed by atoms with Gasteiger partial charge in [-0.25, -0.2) is 0 Å². The van der Waals surface area contributed by atoms with E-state index in [0.717, 1.165) is 15.7 Å². The van der Waals surface area contributed by atoms with Crippen LogP contribution < -0.4 is 0 Å². The second-order valence-electron chi connectivity index (χ2n) is 4.17. The van der Waals surface area contributed by atoms with Crippen molar-refractivity contribution >= 4 is 23.5 Å². The van der Waals surface area contributed by atoms with Crippen molar-refractivity contribution in [3.8, 4) is 12.1 Å². The molecule has 0 radical (unpaired) electrons. The fourth-order valence-corrected chi connectivity index (χ4v) is 4.06. The van der Waals surface area contributed by atoms with Crippen molar-refractivity contribution in [1.82, 2.24) is 0 Å². The molecule has 0 amide bonds. The first-order valence-electron chi connectivity index (χ1n) is 5.54. The highest BCUT2D eigenvalue weighted by Crippen LogP contribution is 2.41. The minimum absolute atomic E-state index is 0.242. The fraction of sp³-hybridized carbons (Fsp3) is 0.286. The topological polar surface area (TPSA) is 47.6 Å². The summed E-state index contributed by atoms with van der Waals surface area (Å²) in [6, 6.07) is 8.39. The lowest BCUT2D eigenvalue weighted by molar-refractivity contribution is 1.22. The Labute approximate surface area is 116 Å². The predicted molar refractivity (Wildman–Crippen MR) is 76.8 cm³/mol. The highest BCUT2D eigenvalue weighted by Gasteiger charge is 2.16. The zero-order chi connectivity index (χ0) is 13.1. The molecule has 0 aromatic heterocycles. The highest BCUT2D eigenvalue weighted by molar-refractivity contribution is 8.21. The summed E-state index contributed by atoms with van der Waals surface area (Å²) in [4.78, 5) is 0. The Morgan fingerprint density at radius 1 is 1.00 bits per heavy atom. The lowest BCUT2D eigenvalue weighted by Gasteiger charge is -2.08. The van der Waals surface area contributed by atoms with Gasteiger partial charge >= 0.3 is 0 Å². The number of nitriles is 2. The van der Waals surface area contributed by atoms with E-state index in [9.17, 15) is 0 Å². The van der Waals surface area contributed by atoms with Gasteiger partial charge in [0.1, 0.15) is 17.7 Å². The average molecular weight is 272 g/mol. The minimum atomic E-state index is 0.242. The molecule has 0 aliphatic carbocycles. The molecular weight excluding hydrogens is 260 g/mol. The second kappa shape index (κ2) is 5.52. The van der Waals surface area contributed by atoms with E-state index in [0.29, 0.717) is 0 Å². The van der Waals surface area contributed by atoms with Crippen LogP contribution in [-0.4, -0.2) is 0 Å². The van der Waals surface area contributed by atoms with Crippen LogP contribution in [0.4, 0.5) is 0 Å². The minimum Gasteiger partial charge on any atom is -0.192 e. The molecule has 4 heteroatoms. The molecule has 1 aliphatic heterocycles. The van der Waals surface area contributed by atoms with Crippen molar-refractivity contribution in [3.05, 3.63) is 44.2 Å². The summed E-state index contributed by atoms with van der Waals surface area (Å²) < 4.78 is 0.853. The van der Waals surface area contributed by atoms with Crippen molar-refractivity contribution in [2.75, 3.05) is 0 Å². The van der Waals surface area contributed by atoms with E-state index in [1.165, 1.54) is 22.3 Å². The number of benzene rings is 1. The van der Waals surface area contributed by atoms with Crippen LogP contribution in [0.5, 0.6) is 0 Å². The van der Waals surface area contributed by atoms with Crippen molar-refractivity contribution in [2.24, 2.45) is 0 Å².